The van der Waals surface area contributed by atoms with Crippen LogP contribution in [0.2, 0.25) is 0 Å². The van der Waals surface area contributed by atoms with Gasteiger partial charge in [-0.05, 0) is 19.4 Å². The van der Waals surface area contributed by atoms with Crippen LogP contribution >= 0.6 is 24.0 Å². The molecule has 0 atom stereocenters. The Balaban J connectivity index is 0.00000320. The fourth-order valence-corrected chi connectivity index (χ4v) is 3.38. The zero-order chi connectivity index (χ0) is 20.9. The minimum atomic E-state index is -0.146. The lowest BCUT2D eigenvalue weighted by Crippen LogP contribution is -2.52. The lowest BCUT2D eigenvalue weighted by Gasteiger charge is -2.36. The molecule has 0 spiro atoms. The Morgan fingerprint density at radius 1 is 1.20 bits per heavy atom. The van der Waals surface area contributed by atoms with Gasteiger partial charge in [-0.1, -0.05) is 55.8 Å². The summed E-state index contributed by atoms with van der Waals surface area (Å²) >= 11 is 0. The van der Waals surface area contributed by atoms with Gasteiger partial charge in [-0.3, -0.25) is 4.90 Å². The van der Waals surface area contributed by atoms with E-state index in [1.54, 1.807) is 0 Å². The molecule has 8 heteroatoms. The van der Waals surface area contributed by atoms with E-state index in [-0.39, 0.29) is 29.4 Å². The molecule has 1 aliphatic heterocycles. The van der Waals surface area contributed by atoms with Crippen molar-refractivity contribution in [2.75, 3.05) is 32.7 Å². The lowest BCUT2D eigenvalue weighted by molar-refractivity contribution is 0.172. The van der Waals surface area contributed by atoms with E-state index in [2.05, 4.69) is 84.1 Å². The summed E-state index contributed by atoms with van der Waals surface area (Å²) in [6, 6.07) is 8.77. The molecule has 166 valence electrons. The maximum atomic E-state index is 5.37. The van der Waals surface area contributed by atoms with Crippen molar-refractivity contribution in [1.29, 1.82) is 0 Å². The van der Waals surface area contributed by atoms with Gasteiger partial charge in [-0.15, -0.1) is 24.0 Å². The van der Waals surface area contributed by atoms with E-state index in [1.165, 1.54) is 11.1 Å². The average molecular weight is 526 g/mol. The molecule has 30 heavy (non-hydrogen) atoms. The Kier molecular flexibility index (Phi) is 9.09. The van der Waals surface area contributed by atoms with Crippen molar-refractivity contribution in [3.8, 4) is 0 Å². The molecule has 0 saturated carbocycles. The van der Waals surface area contributed by atoms with Crippen molar-refractivity contribution < 1.29 is 4.52 Å². The highest BCUT2D eigenvalue weighted by Crippen LogP contribution is 2.19. The maximum absolute atomic E-state index is 5.37. The number of aromatic nitrogens is 2. The standard InChI is InChI=1S/C22H34N6O.HI/c1-6-23-21(24-15-19-25-20(29-26-19)22(3,4)5)28-12-10-27(11-13-28)16-18-9-7-8-17(2)14-18;/h7-9,14H,6,10-13,15-16H2,1-5H3,(H,23,24);1H. The number of halogens is 1. The molecule has 2 aromatic rings. The highest BCUT2D eigenvalue weighted by atomic mass is 127. The first kappa shape index (κ1) is 24.6. The van der Waals surface area contributed by atoms with Crippen LogP contribution in [0, 0.1) is 6.92 Å². The van der Waals surface area contributed by atoms with Gasteiger partial charge < -0.3 is 14.7 Å². The van der Waals surface area contributed by atoms with Crippen molar-refractivity contribution in [2.24, 2.45) is 4.99 Å². The molecule has 0 amide bonds. The number of guanidine groups is 1. The fourth-order valence-electron chi connectivity index (χ4n) is 3.38. The predicted octanol–water partition coefficient (Wildman–Crippen LogP) is 3.58. The molecule has 7 nitrogen and oxygen atoms in total. The number of piperazine rings is 1. The van der Waals surface area contributed by atoms with Gasteiger partial charge in [-0.25, -0.2) is 4.99 Å². The normalized spacial score (nSPS) is 15.8. The zero-order valence-electron chi connectivity index (χ0n) is 18.8. The van der Waals surface area contributed by atoms with Crippen molar-refractivity contribution in [2.45, 2.75) is 53.1 Å². The molecule has 1 aromatic carbocycles. The molecule has 0 bridgehead atoms. The van der Waals surface area contributed by atoms with Gasteiger partial charge in [0.05, 0.1) is 0 Å². The number of hydrogen-bond acceptors (Lipinski definition) is 5. The van der Waals surface area contributed by atoms with E-state index in [1.807, 2.05) is 0 Å². The van der Waals surface area contributed by atoms with E-state index in [9.17, 15) is 0 Å². The van der Waals surface area contributed by atoms with Gasteiger partial charge in [0.25, 0.3) is 0 Å². The molecule has 1 saturated heterocycles. The average Bonchev–Trinajstić information content (AvgIpc) is 3.15. The topological polar surface area (TPSA) is 69.8 Å². The number of nitrogens with one attached hydrogen (secondary N) is 1. The first-order chi connectivity index (χ1) is 13.8. The van der Waals surface area contributed by atoms with Gasteiger partial charge in [0.2, 0.25) is 5.89 Å². The Morgan fingerprint density at radius 3 is 2.53 bits per heavy atom. The maximum Gasteiger partial charge on any atom is 0.232 e. The number of rotatable bonds is 5. The fraction of sp³-hybridized carbons (Fsp3) is 0.591. The summed E-state index contributed by atoms with van der Waals surface area (Å²) in [5.74, 6) is 2.20. The highest BCUT2D eigenvalue weighted by molar-refractivity contribution is 14.0. The van der Waals surface area contributed by atoms with Crippen LogP contribution in [0.25, 0.3) is 0 Å². The number of benzene rings is 1. The van der Waals surface area contributed by atoms with Gasteiger partial charge in [0, 0.05) is 44.7 Å². The number of hydrogen-bond donors (Lipinski definition) is 1. The molecule has 2 heterocycles. The number of aliphatic imine (C=N–C) groups is 1. The van der Waals surface area contributed by atoms with E-state index in [0.717, 1.165) is 45.2 Å². The summed E-state index contributed by atoms with van der Waals surface area (Å²) in [6.45, 7) is 16.6. The molecule has 0 aliphatic carbocycles. The number of aryl methyl sites for hydroxylation is 1. The van der Waals surface area contributed by atoms with E-state index < -0.39 is 0 Å². The third-order valence-electron chi connectivity index (χ3n) is 4.98. The second kappa shape index (κ2) is 11.1. The molecule has 1 fully saturated rings. The van der Waals surface area contributed by atoms with Crippen LogP contribution in [-0.4, -0.2) is 58.6 Å². The molecular formula is C22H35IN6O. The number of nitrogens with zero attached hydrogens (tertiary/aromatic N) is 5. The highest BCUT2D eigenvalue weighted by Gasteiger charge is 2.22. The zero-order valence-corrected chi connectivity index (χ0v) is 21.1. The van der Waals surface area contributed by atoms with Crippen molar-refractivity contribution in [1.82, 2.24) is 25.3 Å². The van der Waals surface area contributed by atoms with Crippen molar-refractivity contribution >= 4 is 29.9 Å². The van der Waals surface area contributed by atoms with Crippen molar-refractivity contribution in [3.63, 3.8) is 0 Å². The van der Waals surface area contributed by atoms with Gasteiger partial charge in [0.1, 0.15) is 6.54 Å². The predicted molar refractivity (Wildman–Crippen MR) is 131 cm³/mol. The minimum absolute atomic E-state index is 0. The minimum Gasteiger partial charge on any atom is -0.357 e. The first-order valence-corrected chi connectivity index (χ1v) is 10.5. The largest absolute Gasteiger partial charge is 0.357 e. The van der Waals surface area contributed by atoms with Crippen molar-refractivity contribution in [3.05, 3.63) is 47.1 Å². The molecule has 1 N–H and O–H groups in total. The van der Waals surface area contributed by atoms with E-state index in [0.29, 0.717) is 18.3 Å². The molecule has 1 aromatic heterocycles. The molecule has 0 unspecified atom stereocenters. The van der Waals surface area contributed by atoms with Crippen LogP contribution < -0.4 is 5.32 Å². The van der Waals surface area contributed by atoms with Crippen LogP contribution in [0.5, 0.6) is 0 Å². The second-order valence-electron chi connectivity index (χ2n) is 8.69. The van der Waals surface area contributed by atoms with Crippen LogP contribution in [0.4, 0.5) is 0 Å². The quantitative estimate of drug-likeness (QED) is 0.365. The summed E-state index contributed by atoms with van der Waals surface area (Å²) in [5, 5.41) is 7.48. The summed E-state index contributed by atoms with van der Waals surface area (Å²) in [4.78, 5) is 14.1. The third kappa shape index (κ3) is 6.94. The summed E-state index contributed by atoms with van der Waals surface area (Å²) < 4.78 is 5.37. The molecular weight excluding hydrogens is 491 g/mol. The Hall–Kier alpha value is -1.68. The van der Waals surface area contributed by atoms with Gasteiger partial charge in [-0.2, -0.15) is 4.98 Å². The van der Waals surface area contributed by atoms with Crippen LogP contribution in [0.3, 0.4) is 0 Å². The van der Waals surface area contributed by atoms with Gasteiger partial charge in [0.15, 0.2) is 11.8 Å². The first-order valence-electron chi connectivity index (χ1n) is 10.5. The van der Waals surface area contributed by atoms with Gasteiger partial charge >= 0.3 is 0 Å². The Morgan fingerprint density at radius 2 is 1.93 bits per heavy atom. The Bertz CT molecular complexity index is 821. The molecule has 0 radical (unpaired) electrons. The SMILES string of the molecule is CCNC(=NCc1noc(C(C)(C)C)n1)N1CCN(Cc2cccc(C)c2)CC1.I. The summed E-state index contributed by atoms with van der Waals surface area (Å²) in [5.41, 5.74) is 2.55. The summed E-state index contributed by atoms with van der Waals surface area (Å²) in [7, 11) is 0. The van der Waals surface area contributed by atoms with Crippen LogP contribution in [-0.2, 0) is 18.5 Å². The monoisotopic (exact) mass is 526 g/mol. The van der Waals surface area contributed by atoms with Crippen LogP contribution in [0.1, 0.15) is 50.5 Å². The van der Waals surface area contributed by atoms with Crippen LogP contribution in [0.15, 0.2) is 33.8 Å². The van der Waals surface area contributed by atoms with E-state index in [4.69, 9.17) is 9.52 Å². The molecule has 3 rings (SSSR count). The van der Waals surface area contributed by atoms with E-state index >= 15 is 0 Å². The lowest BCUT2D eigenvalue weighted by atomic mass is 9.97. The Labute approximate surface area is 197 Å². The smallest absolute Gasteiger partial charge is 0.232 e. The third-order valence-corrected chi connectivity index (χ3v) is 4.98. The summed E-state index contributed by atoms with van der Waals surface area (Å²) in [6.07, 6.45) is 0. The second-order valence-corrected chi connectivity index (χ2v) is 8.69. The molecule has 1 aliphatic rings.